The predicted molar refractivity (Wildman–Crippen MR) is 70.3 cm³/mol. The topological polar surface area (TPSA) is 29.1 Å². The van der Waals surface area contributed by atoms with Gasteiger partial charge in [0.2, 0.25) is 0 Å². The normalized spacial score (nSPS) is 23.7. The van der Waals surface area contributed by atoms with E-state index in [0.717, 1.165) is 25.7 Å². The van der Waals surface area contributed by atoms with Crippen molar-refractivity contribution in [2.45, 2.75) is 31.1 Å². The van der Waals surface area contributed by atoms with Crippen molar-refractivity contribution in [1.29, 1.82) is 0 Å². The van der Waals surface area contributed by atoms with E-state index in [1.807, 2.05) is 0 Å². The Morgan fingerprint density at radius 1 is 1.44 bits per heavy atom. The smallest absolute Gasteiger partial charge is 0.251 e. The van der Waals surface area contributed by atoms with Crippen LogP contribution >= 0.6 is 11.6 Å². The van der Waals surface area contributed by atoms with E-state index in [1.165, 1.54) is 12.1 Å². The zero-order valence-electron chi connectivity index (χ0n) is 10.2. The lowest BCUT2D eigenvalue weighted by Crippen LogP contribution is -2.32. The number of carbonyl (C=O) groups is 1. The number of rotatable bonds is 3. The van der Waals surface area contributed by atoms with Crippen LogP contribution in [0.4, 0.5) is 4.39 Å². The molecule has 1 aromatic carbocycles. The Hall–Kier alpha value is -1.09. The molecular formula is C14H17ClFNO. The van der Waals surface area contributed by atoms with E-state index >= 15 is 0 Å². The molecule has 1 amide bonds. The molecule has 0 saturated heterocycles. The van der Waals surface area contributed by atoms with Crippen molar-refractivity contribution < 1.29 is 9.18 Å². The predicted octanol–water partition coefficient (Wildman–Crippen LogP) is 3.35. The summed E-state index contributed by atoms with van der Waals surface area (Å²) in [7, 11) is 0. The average Bonchev–Trinajstić information content (AvgIpc) is 2.36. The largest absolute Gasteiger partial charge is 0.352 e. The van der Waals surface area contributed by atoms with Crippen LogP contribution in [-0.2, 0) is 0 Å². The van der Waals surface area contributed by atoms with Crippen LogP contribution in [-0.4, -0.2) is 17.8 Å². The van der Waals surface area contributed by atoms with Crippen LogP contribution in [0.25, 0.3) is 0 Å². The lowest BCUT2D eigenvalue weighted by molar-refractivity contribution is 0.0943. The first kappa shape index (κ1) is 13.3. The molecule has 0 radical (unpaired) electrons. The maximum atomic E-state index is 13.0. The first-order valence-electron chi connectivity index (χ1n) is 6.33. The molecule has 0 aliphatic heterocycles. The zero-order valence-corrected chi connectivity index (χ0v) is 10.9. The third-order valence-electron chi connectivity index (χ3n) is 3.36. The minimum atomic E-state index is -0.388. The van der Waals surface area contributed by atoms with Crippen molar-refractivity contribution in [3.05, 3.63) is 35.6 Å². The lowest BCUT2D eigenvalue weighted by atomic mass is 9.89. The van der Waals surface area contributed by atoms with Crippen LogP contribution in [0.2, 0.25) is 0 Å². The molecule has 2 rings (SSSR count). The van der Waals surface area contributed by atoms with Gasteiger partial charge in [-0.3, -0.25) is 4.79 Å². The van der Waals surface area contributed by atoms with Gasteiger partial charge in [0.05, 0.1) is 0 Å². The summed E-state index contributed by atoms with van der Waals surface area (Å²) in [5.41, 5.74) is 0.369. The van der Waals surface area contributed by atoms with Gasteiger partial charge in [-0.1, -0.05) is 12.5 Å². The van der Waals surface area contributed by atoms with Crippen LogP contribution in [0.3, 0.4) is 0 Å². The Balaban J connectivity index is 1.84. The van der Waals surface area contributed by atoms with Gasteiger partial charge in [0, 0.05) is 17.5 Å². The van der Waals surface area contributed by atoms with Gasteiger partial charge < -0.3 is 5.32 Å². The first-order valence-corrected chi connectivity index (χ1v) is 6.76. The maximum absolute atomic E-state index is 13.0. The van der Waals surface area contributed by atoms with Gasteiger partial charge in [0.1, 0.15) is 5.82 Å². The van der Waals surface area contributed by atoms with Gasteiger partial charge in [-0.25, -0.2) is 4.39 Å². The fourth-order valence-corrected chi connectivity index (χ4v) is 2.79. The lowest BCUT2D eigenvalue weighted by Gasteiger charge is -2.25. The summed E-state index contributed by atoms with van der Waals surface area (Å²) < 4.78 is 13.0. The van der Waals surface area contributed by atoms with Crippen LogP contribution in [0.5, 0.6) is 0 Å². The van der Waals surface area contributed by atoms with Gasteiger partial charge in [0.15, 0.2) is 0 Å². The van der Waals surface area contributed by atoms with Crippen LogP contribution in [0, 0.1) is 11.7 Å². The molecule has 0 aromatic heterocycles. The third kappa shape index (κ3) is 3.70. The van der Waals surface area contributed by atoms with Crippen molar-refractivity contribution in [2.24, 2.45) is 5.92 Å². The van der Waals surface area contributed by atoms with Crippen molar-refractivity contribution in [3.8, 4) is 0 Å². The number of amides is 1. The number of nitrogens with one attached hydrogen (secondary N) is 1. The zero-order chi connectivity index (χ0) is 13.0. The minimum absolute atomic E-state index is 0.216. The molecule has 1 saturated carbocycles. The van der Waals surface area contributed by atoms with Gasteiger partial charge in [-0.05, 0) is 43.4 Å². The fourth-order valence-electron chi connectivity index (χ4n) is 2.38. The molecule has 2 atom stereocenters. The second kappa shape index (κ2) is 6.19. The first-order chi connectivity index (χ1) is 8.65. The maximum Gasteiger partial charge on any atom is 0.251 e. The Morgan fingerprint density at radius 3 is 3.00 bits per heavy atom. The van der Waals surface area contributed by atoms with Gasteiger partial charge in [-0.2, -0.15) is 0 Å². The molecule has 0 heterocycles. The summed E-state index contributed by atoms with van der Waals surface area (Å²) >= 11 is 6.10. The number of hydrogen-bond acceptors (Lipinski definition) is 1. The van der Waals surface area contributed by atoms with E-state index in [-0.39, 0.29) is 17.1 Å². The highest BCUT2D eigenvalue weighted by Crippen LogP contribution is 2.27. The molecule has 1 fully saturated rings. The van der Waals surface area contributed by atoms with Crippen LogP contribution in [0.15, 0.2) is 24.3 Å². The number of hydrogen-bond donors (Lipinski definition) is 1. The van der Waals surface area contributed by atoms with Crippen molar-refractivity contribution in [3.63, 3.8) is 0 Å². The SMILES string of the molecule is O=C(NCC1CCCC(Cl)C1)c1cccc(F)c1. The summed E-state index contributed by atoms with van der Waals surface area (Å²) in [4.78, 5) is 11.8. The summed E-state index contributed by atoms with van der Waals surface area (Å²) in [5.74, 6) is -0.161. The third-order valence-corrected chi connectivity index (χ3v) is 3.75. The standard InChI is InChI=1S/C14H17ClFNO/c15-12-5-1-3-10(7-12)9-17-14(18)11-4-2-6-13(16)8-11/h2,4,6,8,10,12H,1,3,5,7,9H2,(H,17,18). The minimum Gasteiger partial charge on any atom is -0.352 e. The highest BCUT2D eigenvalue weighted by Gasteiger charge is 2.20. The summed E-state index contributed by atoms with van der Waals surface area (Å²) in [5, 5.41) is 3.08. The second-order valence-corrected chi connectivity index (χ2v) is 5.47. The number of carbonyl (C=O) groups excluding carboxylic acids is 1. The summed E-state index contributed by atoms with van der Waals surface area (Å²) in [6.45, 7) is 0.624. The van der Waals surface area contributed by atoms with Crippen molar-refractivity contribution in [1.82, 2.24) is 5.32 Å². The average molecular weight is 270 g/mol. The van der Waals surface area contributed by atoms with E-state index in [9.17, 15) is 9.18 Å². The summed E-state index contributed by atoms with van der Waals surface area (Å²) in [6.07, 6.45) is 4.24. The Labute approximate surface area is 112 Å². The molecule has 1 aliphatic rings. The fraction of sp³-hybridized carbons (Fsp3) is 0.500. The number of benzene rings is 1. The highest BCUT2D eigenvalue weighted by molar-refractivity contribution is 6.20. The number of halogens is 2. The molecule has 18 heavy (non-hydrogen) atoms. The van der Waals surface area contributed by atoms with Gasteiger partial charge >= 0.3 is 0 Å². The molecule has 0 bridgehead atoms. The van der Waals surface area contributed by atoms with E-state index in [4.69, 9.17) is 11.6 Å². The molecule has 2 nitrogen and oxygen atoms in total. The molecule has 4 heteroatoms. The van der Waals surface area contributed by atoms with Crippen LogP contribution < -0.4 is 5.32 Å². The second-order valence-electron chi connectivity index (χ2n) is 4.85. The van der Waals surface area contributed by atoms with E-state index in [1.54, 1.807) is 12.1 Å². The van der Waals surface area contributed by atoms with Gasteiger partial charge in [-0.15, -0.1) is 11.6 Å². The van der Waals surface area contributed by atoms with Crippen LogP contribution in [0.1, 0.15) is 36.0 Å². The van der Waals surface area contributed by atoms with E-state index in [0.29, 0.717) is 18.0 Å². The summed E-state index contributed by atoms with van der Waals surface area (Å²) in [6, 6.07) is 5.74. The highest BCUT2D eigenvalue weighted by atomic mass is 35.5. The quantitative estimate of drug-likeness (QED) is 0.838. The molecule has 98 valence electrons. The van der Waals surface area contributed by atoms with Gasteiger partial charge in [0.25, 0.3) is 5.91 Å². The Kier molecular flexibility index (Phi) is 4.59. The number of alkyl halides is 1. The molecule has 2 unspecified atom stereocenters. The molecule has 1 aliphatic carbocycles. The molecule has 1 aromatic rings. The van der Waals surface area contributed by atoms with Crippen molar-refractivity contribution in [2.75, 3.05) is 6.54 Å². The van der Waals surface area contributed by atoms with E-state index in [2.05, 4.69) is 5.32 Å². The monoisotopic (exact) mass is 269 g/mol. The Morgan fingerprint density at radius 2 is 2.28 bits per heavy atom. The van der Waals surface area contributed by atoms with Crippen molar-refractivity contribution >= 4 is 17.5 Å². The Bertz CT molecular complexity index is 424. The molecular weight excluding hydrogens is 253 g/mol. The molecule has 0 spiro atoms. The van der Waals surface area contributed by atoms with E-state index < -0.39 is 0 Å². The molecule has 1 N–H and O–H groups in total.